The van der Waals surface area contributed by atoms with Gasteiger partial charge in [0.1, 0.15) is 11.6 Å². The standard InChI is InChI=1S/C17H21FN2O/c1-12(19)15-8-5-9-16(18)17(15)20(2)11-13-6-4-7-14(10-13)21-3/h4-10,12H,11,19H2,1-3H3/t12-/m1/s1. The number of hydrogen-bond donors (Lipinski definition) is 1. The van der Waals surface area contributed by atoms with Gasteiger partial charge in [-0.1, -0.05) is 24.3 Å². The van der Waals surface area contributed by atoms with Crippen molar-refractivity contribution in [3.8, 4) is 5.75 Å². The maximum Gasteiger partial charge on any atom is 0.146 e. The highest BCUT2D eigenvalue weighted by Crippen LogP contribution is 2.29. The number of rotatable bonds is 5. The van der Waals surface area contributed by atoms with Gasteiger partial charge in [-0.15, -0.1) is 0 Å². The molecule has 0 saturated carbocycles. The topological polar surface area (TPSA) is 38.5 Å². The molecule has 0 saturated heterocycles. The van der Waals surface area contributed by atoms with Crippen molar-refractivity contribution in [2.24, 2.45) is 5.73 Å². The number of para-hydroxylation sites is 1. The van der Waals surface area contributed by atoms with Crippen LogP contribution in [0.5, 0.6) is 5.75 Å². The van der Waals surface area contributed by atoms with Crippen LogP contribution in [0, 0.1) is 5.82 Å². The molecule has 21 heavy (non-hydrogen) atoms. The van der Waals surface area contributed by atoms with Crippen molar-refractivity contribution in [2.75, 3.05) is 19.1 Å². The van der Waals surface area contributed by atoms with E-state index in [0.29, 0.717) is 12.2 Å². The summed E-state index contributed by atoms with van der Waals surface area (Å²) < 4.78 is 19.4. The molecule has 0 heterocycles. The van der Waals surface area contributed by atoms with Crippen LogP contribution >= 0.6 is 0 Å². The monoisotopic (exact) mass is 288 g/mol. The summed E-state index contributed by atoms with van der Waals surface area (Å²) in [5.74, 6) is 0.539. The molecule has 0 aliphatic carbocycles. The number of hydrogen-bond acceptors (Lipinski definition) is 3. The molecule has 2 aromatic carbocycles. The fourth-order valence-corrected chi connectivity index (χ4v) is 2.43. The van der Waals surface area contributed by atoms with E-state index in [2.05, 4.69) is 0 Å². The van der Waals surface area contributed by atoms with Gasteiger partial charge in [-0.25, -0.2) is 4.39 Å². The number of ether oxygens (including phenoxy) is 1. The van der Waals surface area contributed by atoms with Crippen LogP contribution in [-0.2, 0) is 6.54 Å². The van der Waals surface area contributed by atoms with Crippen molar-refractivity contribution in [3.63, 3.8) is 0 Å². The molecule has 0 bridgehead atoms. The zero-order chi connectivity index (χ0) is 15.4. The van der Waals surface area contributed by atoms with Crippen LogP contribution in [0.1, 0.15) is 24.1 Å². The Morgan fingerprint density at radius 3 is 2.62 bits per heavy atom. The van der Waals surface area contributed by atoms with Crippen LogP contribution in [0.15, 0.2) is 42.5 Å². The van der Waals surface area contributed by atoms with Crippen molar-refractivity contribution in [2.45, 2.75) is 19.5 Å². The van der Waals surface area contributed by atoms with Crippen LogP contribution in [0.3, 0.4) is 0 Å². The lowest BCUT2D eigenvalue weighted by Crippen LogP contribution is -2.21. The second-order valence-electron chi connectivity index (χ2n) is 5.17. The van der Waals surface area contributed by atoms with Crippen LogP contribution in [-0.4, -0.2) is 14.2 Å². The molecular formula is C17H21FN2O. The molecule has 3 nitrogen and oxygen atoms in total. The average Bonchev–Trinajstić information content (AvgIpc) is 2.46. The molecule has 0 aliphatic rings. The first kappa shape index (κ1) is 15.3. The van der Waals surface area contributed by atoms with Gasteiger partial charge in [0.25, 0.3) is 0 Å². The summed E-state index contributed by atoms with van der Waals surface area (Å²) >= 11 is 0. The first-order valence-electron chi connectivity index (χ1n) is 6.91. The average molecular weight is 288 g/mol. The SMILES string of the molecule is COc1cccc(CN(C)c2c(F)cccc2[C@@H](C)N)c1. The van der Waals surface area contributed by atoms with Crippen LogP contribution in [0.2, 0.25) is 0 Å². The Bertz CT molecular complexity index is 613. The fourth-order valence-electron chi connectivity index (χ4n) is 2.43. The van der Waals surface area contributed by atoms with E-state index >= 15 is 0 Å². The highest BCUT2D eigenvalue weighted by molar-refractivity contribution is 5.56. The predicted octanol–water partition coefficient (Wildman–Crippen LogP) is 3.49. The molecule has 0 fully saturated rings. The van der Waals surface area contributed by atoms with E-state index in [-0.39, 0.29) is 11.9 Å². The summed E-state index contributed by atoms with van der Waals surface area (Å²) in [6.07, 6.45) is 0. The number of methoxy groups -OCH3 is 1. The quantitative estimate of drug-likeness (QED) is 0.915. The third kappa shape index (κ3) is 3.52. The minimum atomic E-state index is -0.254. The van der Waals surface area contributed by atoms with Crippen LogP contribution in [0.25, 0.3) is 0 Å². The van der Waals surface area contributed by atoms with E-state index in [9.17, 15) is 4.39 Å². The Morgan fingerprint density at radius 1 is 1.24 bits per heavy atom. The van der Waals surface area contributed by atoms with Gasteiger partial charge in [0.2, 0.25) is 0 Å². The van der Waals surface area contributed by atoms with E-state index in [0.717, 1.165) is 16.9 Å². The first-order chi connectivity index (χ1) is 10.0. The fraction of sp³-hybridized carbons (Fsp3) is 0.294. The summed E-state index contributed by atoms with van der Waals surface area (Å²) in [4.78, 5) is 1.88. The van der Waals surface area contributed by atoms with Crippen LogP contribution in [0.4, 0.5) is 10.1 Å². The van der Waals surface area contributed by atoms with Crippen molar-refractivity contribution >= 4 is 5.69 Å². The van der Waals surface area contributed by atoms with E-state index < -0.39 is 0 Å². The maximum atomic E-state index is 14.2. The minimum absolute atomic E-state index is 0.219. The number of anilines is 1. The lowest BCUT2D eigenvalue weighted by molar-refractivity contribution is 0.414. The van der Waals surface area contributed by atoms with Gasteiger partial charge in [0.15, 0.2) is 0 Å². The Morgan fingerprint density at radius 2 is 1.95 bits per heavy atom. The number of nitrogens with two attached hydrogens (primary N) is 1. The molecule has 2 aromatic rings. The van der Waals surface area contributed by atoms with Crippen molar-refractivity contribution < 1.29 is 9.13 Å². The Balaban J connectivity index is 2.29. The van der Waals surface area contributed by atoms with Gasteiger partial charge in [-0.05, 0) is 36.2 Å². The molecule has 0 unspecified atom stereocenters. The van der Waals surface area contributed by atoms with Gasteiger partial charge in [0.05, 0.1) is 12.8 Å². The lowest BCUT2D eigenvalue weighted by Gasteiger charge is -2.24. The van der Waals surface area contributed by atoms with Gasteiger partial charge < -0.3 is 15.4 Å². The molecule has 2 rings (SSSR count). The highest BCUT2D eigenvalue weighted by Gasteiger charge is 2.15. The molecular weight excluding hydrogens is 267 g/mol. The summed E-state index contributed by atoms with van der Waals surface area (Å²) in [6, 6.07) is 12.6. The molecule has 0 radical (unpaired) electrons. The molecule has 0 amide bonds. The Kier molecular flexibility index (Phi) is 4.81. The molecule has 112 valence electrons. The second kappa shape index (κ2) is 6.59. The zero-order valence-corrected chi connectivity index (χ0v) is 12.6. The van der Waals surface area contributed by atoms with Crippen molar-refractivity contribution in [1.29, 1.82) is 0 Å². The van der Waals surface area contributed by atoms with Gasteiger partial charge in [-0.3, -0.25) is 0 Å². The number of benzene rings is 2. The smallest absolute Gasteiger partial charge is 0.146 e. The Labute approximate surface area is 125 Å². The second-order valence-corrected chi connectivity index (χ2v) is 5.17. The van der Waals surface area contributed by atoms with Crippen molar-refractivity contribution in [1.82, 2.24) is 0 Å². The lowest BCUT2D eigenvalue weighted by atomic mass is 10.0. The van der Waals surface area contributed by atoms with E-state index in [1.165, 1.54) is 6.07 Å². The predicted molar refractivity (Wildman–Crippen MR) is 84.1 cm³/mol. The zero-order valence-electron chi connectivity index (χ0n) is 12.6. The highest BCUT2D eigenvalue weighted by atomic mass is 19.1. The minimum Gasteiger partial charge on any atom is -0.497 e. The van der Waals surface area contributed by atoms with E-state index in [4.69, 9.17) is 10.5 Å². The number of halogens is 1. The summed E-state index contributed by atoms with van der Waals surface area (Å²) in [6.45, 7) is 2.44. The van der Waals surface area contributed by atoms with Gasteiger partial charge in [0, 0.05) is 19.6 Å². The molecule has 0 aromatic heterocycles. The first-order valence-corrected chi connectivity index (χ1v) is 6.91. The molecule has 4 heteroatoms. The molecule has 1 atom stereocenters. The molecule has 0 spiro atoms. The van der Waals surface area contributed by atoms with Gasteiger partial charge in [-0.2, -0.15) is 0 Å². The van der Waals surface area contributed by atoms with E-state index in [1.807, 2.05) is 49.2 Å². The summed E-state index contributed by atoms with van der Waals surface area (Å²) in [5, 5.41) is 0. The summed E-state index contributed by atoms with van der Waals surface area (Å²) in [7, 11) is 3.50. The van der Waals surface area contributed by atoms with Crippen LogP contribution < -0.4 is 15.4 Å². The molecule has 2 N–H and O–H groups in total. The molecule has 0 aliphatic heterocycles. The van der Waals surface area contributed by atoms with E-state index in [1.54, 1.807) is 13.2 Å². The Hall–Kier alpha value is -2.07. The third-order valence-electron chi connectivity index (χ3n) is 3.44. The van der Waals surface area contributed by atoms with Gasteiger partial charge >= 0.3 is 0 Å². The number of nitrogens with zero attached hydrogens (tertiary/aromatic N) is 1. The summed E-state index contributed by atoms with van der Waals surface area (Å²) in [5.41, 5.74) is 8.36. The normalized spacial score (nSPS) is 12.0. The largest absolute Gasteiger partial charge is 0.497 e. The maximum absolute atomic E-state index is 14.2. The van der Waals surface area contributed by atoms with Crippen molar-refractivity contribution in [3.05, 3.63) is 59.4 Å². The third-order valence-corrected chi connectivity index (χ3v) is 3.44.